The van der Waals surface area contributed by atoms with Gasteiger partial charge in [-0.2, -0.15) is 0 Å². The van der Waals surface area contributed by atoms with Crippen molar-refractivity contribution < 1.29 is 4.79 Å². The fourth-order valence-corrected chi connectivity index (χ4v) is 4.45. The Balaban J connectivity index is 1.21. The maximum Gasteiger partial charge on any atom is 0.225 e. The van der Waals surface area contributed by atoms with Gasteiger partial charge in [0.2, 0.25) is 11.9 Å². The average Bonchev–Trinajstić information content (AvgIpc) is 3.09. The van der Waals surface area contributed by atoms with Crippen LogP contribution >= 0.6 is 0 Å². The summed E-state index contributed by atoms with van der Waals surface area (Å²) in [5, 5.41) is 3.17. The van der Waals surface area contributed by atoms with Crippen LogP contribution in [0.25, 0.3) is 11.1 Å². The second-order valence-corrected chi connectivity index (χ2v) is 8.45. The van der Waals surface area contributed by atoms with Gasteiger partial charge in [-0.3, -0.25) is 4.79 Å². The van der Waals surface area contributed by atoms with E-state index < -0.39 is 0 Å². The van der Waals surface area contributed by atoms with Crippen molar-refractivity contribution in [3.8, 4) is 11.1 Å². The zero-order chi connectivity index (χ0) is 20.6. The van der Waals surface area contributed by atoms with Gasteiger partial charge < -0.3 is 15.1 Å². The molecule has 30 heavy (non-hydrogen) atoms. The van der Waals surface area contributed by atoms with E-state index in [2.05, 4.69) is 37.2 Å². The molecule has 2 fully saturated rings. The summed E-state index contributed by atoms with van der Waals surface area (Å²) < 4.78 is 0. The first-order chi connectivity index (χ1) is 14.8. The number of carbonyl (C=O) groups is 1. The number of aromatic nitrogens is 2. The highest BCUT2D eigenvalue weighted by molar-refractivity contribution is 5.78. The van der Waals surface area contributed by atoms with Crippen molar-refractivity contribution >= 4 is 11.9 Å². The Labute approximate surface area is 179 Å². The third-order valence-electron chi connectivity index (χ3n) is 6.32. The molecule has 0 aliphatic carbocycles. The van der Waals surface area contributed by atoms with Crippen molar-refractivity contribution in [3.63, 3.8) is 0 Å². The van der Waals surface area contributed by atoms with Crippen LogP contribution in [0.4, 0.5) is 5.95 Å². The first-order valence-corrected chi connectivity index (χ1v) is 11.4. The van der Waals surface area contributed by atoms with E-state index in [1.165, 1.54) is 38.8 Å². The van der Waals surface area contributed by atoms with Gasteiger partial charge in [0.1, 0.15) is 0 Å². The van der Waals surface area contributed by atoms with Gasteiger partial charge in [0.25, 0.3) is 0 Å². The van der Waals surface area contributed by atoms with Crippen LogP contribution < -0.4 is 10.2 Å². The first kappa shape index (κ1) is 20.8. The monoisotopic (exact) mass is 407 g/mol. The van der Waals surface area contributed by atoms with Crippen LogP contribution in [0.15, 0.2) is 42.7 Å². The number of benzene rings is 1. The number of amides is 1. The number of hydrogen-bond donors (Lipinski definition) is 1. The third-order valence-corrected chi connectivity index (χ3v) is 6.32. The topological polar surface area (TPSA) is 61.4 Å². The fraction of sp³-hybridized carbons (Fsp3) is 0.542. The molecule has 3 heterocycles. The molecular weight excluding hydrogens is 374 g/mol. The summed E-state index contributed by atoms with van der Waals surface area (Å²) in [4.78, 5) is 26.4. The van der Waals surface area contributed by atoms with Crippen LogP contribution in [0.1, 0.15) is 38.5 Å². The maximum absolute atomic E-state index is 12.6. The Kier molecular flexibility index (Phi) is 7.29. The van der Waals surface area contributed by atoms with Gasteiger partial charge in [-0.15, -0.1) is 0 Å². The molecule has 2 aliphatic rings. The van der Waals surface area contributed by atoms with Gasteiger partial charge in [-0.05, 0) is 44.3 Å². The molecule has 0 spiro atoms. The Bertz CT molecular complexity index is 779. The fourth-order valence-electron chi connectivity index (χ4n) is 4.45. The molecule has 0 radical (unpaired) electrons. The zero-order valence-corrected chi connectivity index (χ0v) is 17.8. The molecule has 1 aromatic carbocycles. The second kappa shape index (κ2) is 10.5. The molecule has 2 aromatic rings. The first-order valence-electron chi connectivity index (χ1n) is 11.4. The van der Waals surface area contributed by atoms with Crippen LogP contribution in [0.3, 0.4) is 0 Å². The number of likely N-dealkylation sites (tertiary alicyclic amines) is 1. The summed E-state index contributed by atoms with van der Waals surface area (Å²) in [6.45, 7) is 5.76. The van der Waals surface area contributed by atoms with Crippen LogP contribution in [0.5, 0.6) is 0 Å². The van der Waals surface area contributed by atoms with E-state index in [9.17, 15) is 4.79 Å². The van der Waals surface area contributed by atoms with E-state index in [0.29, 0.717) is 0 Å². The minimum Gasteiger partial charge on any atom is -0.355 e. The van der Waals surface area contributed by atoms with Gasteiger partial charge >= 0.3 is 0 Å². The van der Waals surface area contributed by atoms with Gasteiger partial charge in [0.15, 0.2) is 0 Å². The molecule has 4 rings (SSSR count). The summed E-state index contributed by atoms with van der Waals surface area (Å²) in [5.41, 5.74) is 2.15. The van der Waals surface area contributed by atoms with Crippen molar-refractivity contribution in [1.82, 2.24) is 20.2 Å². The van der Waals surface area contributed by atoms with Crippen molar-refractivity contribution in [2.45, 2.75) is 38.5 Å². The molecule has 0 atom stereocenters. The molecule has 1 N–H and O–H groups in total. The lowest BCUT2D eigenvalue weighted by molar-refractivity contribution is -0.125. The van der Waals surface area contributed by atoms with Gasteiger partial charge in [-0.1, -0.05) is 43.2 Å². The minimum absolute atomic E-state index is 0.106. The molecule has 6 heteroatoms. The van der Waals surface area contributed by atoms with E-state index in [0.717, 1.165) is 56.1 Å². The van der Waals surface area contributed by atoms with Crippen molar-refractivity contribution in [2.75, 3.05) is 44.2 Å². The summed E-state index contributed by atoms with van der Waals surface area (Å²) in [5.74, 6) is 1.08. The van der Waals surface area contributed by atoms with Gasteiger partial charge in [0, 0.05) is 50.1 Å². The molecule has 0 saturated carbocycles. The number of carbonyl (C=O) groups excluding carboxylic acids is 1. The largest absolute Gasteiger partial charge is 0.355 e. The predicted molar refractivity (Wildman–Crippen MR) is 120 cm³/mol. The van der Waals surface area contributed by atoms with Crippen LogP contribution in [-0.2, 0) is 4.79 Å². The highest BCUT2D eigenvalue weighted by atomic mass is 16.1. The number of rotatable bonds is 6. The summed E-state index contributed by atoms with van der Waals surface area (Å²) in [7, 11) is 0. The van der Waals surface area contributed by atoms with Crippen LogP contribution in [-0.4, -0.2) is 60.0 Å². The molecule has 1 amide bonds. The molecule has 1 aromatic heterocycles. The Morgan fingerprint density at radius 3 is 2.23 bits per heavy atom. The molecule has 0 unspecified atom stereocenters. The Hall–Kier alpha value is -2.47. The van der Waals surface area contributed by atoms with E-state index in [1.54, 1.807) is 0 Å². The van der Waals surface area contributed by atoms with E-state index in [1.807, 2.05) is 30.6 Å². The quantitative estimate of drug-likeness (QED) is 0.796. The SMILES string of the molecule is O=C(NCCN1CCCCCC1)C1CCN(c2ncc(-c3ccccc3)cn2)CC1. The highest BCUT2D eigenvalue weighted by Gasteiger charge is 2.26. The average molecular weight is 408 g/mol. The number of anilines is 1. The van der Waals surface area contributed by atoms with Crippen LogP contribution in [0.2, 0.25) is 0 Å². The standard InChI is InChI=1S/C24H33N5O/c30-23(25-12-17-28-13-6-1-2-7-14-28)21-10-15-29(16-11-21)24-26-18-22(19-27-24)20-8-4-3-5-9-20/h3-5,8-9,18-19,21H,1-2,6-7,10-17H2,(H,25,30). The predicted octanol–water partition coefficient (Wildman–Crippen LogP) is 3.35. The summed E-state index contributed by atoms with van der Waals surface area (Å²) in [6, 6.07) is 10.2. The normalized spacial score (nSPS) is 18.7. The lowest BCUT2D eigenvalue weighted by Crippen LogP contribution is -2.43. The van der Waals surface area contributed by atoms with Gasteiger partial charge in [0.05, 0.1) is 0 Å². The minimum atomic E-state index is 0.106. The lowest BCUT2D eigenvalue weighted by Gasteiger charge is -2.31. The number of hydrogen-bond acceptors (Lipinski definition) is 5. The number of piperidine rings is 1. The number of nitrogens with one attached hydrogen (secondary N) is 1. The molecule has 6 nitrogen and oxygen atoms in total. The smallest absolute Gasteiger partial charge is 0.225 e. The molecule has 2 saturated heterocycles. The van der Waals surface area contributed by atoms with E-state index in [-0.39, 0.29) is 11.8 Å². The van der Waals surface area contributed by atoms with Gasteiger partial charge in [-0.25, -0.2) is 9.97 Å². The summed E-state index contributed by atoms with van der Waals surface area (Å²) in [6.07, 6.45) is 10.8. The van der Waals surface area contributed by atoms with Crippen LogP contribution in [0, 0.1) is 5.92 Å². The van der Waals surface area contributed by atoms with E-state index >= 15 is 0 Å². The lowest BCUT2D eigenvalue weighted by atomic mass is 9.96. The van der Waals surface area contributed by atoms with E-state index in [4.69, 9.17) is 0 Å². The molecule has 0 bridgehead atoms. The molecular formula is C24H33N5O. The number of nitrogens with zero attached hydrogens (tertiary/aromatic N) is 4. The Morgan fingerprint density at radius 2 is 1.57 bits per heavy atom. The Morgan fingerprint density at radius 1 is 0.900 bits per heavy atom. The summed E-state index contributed by atoms with van der Waals surface area (Å²) >= 11 is 0. The zero-order valence-electron chi connectivity index (χ0n) is 17.8. The third kappa shape index (κ3) is 5.57. The molecule has 160 valence electrons. The second-order valence-electron chi connectivity index (χ2n) is 8.45. The van der Waals surface area contributed by atoms with Crippen molar-refractivity contribution in [2.24, 2.45) is 5.92 Å². The highest BCUT2D eigenvalue weighted by Crippen LogP contribution is 2.23. The molecule has 2 aliphatic heterocycles. The van der Waals surface area contributed by atoms with Crippen molar-refractivity contribution in [1.29, 1.82) is 0 Å². The van der Waals surface area contributed by atoms with Crippen molar-refractivity contribution in [3.05, 3.63) is 42.7 Å². The maximum atomic E-state index is 12.6.